The van der Waals surface area contributed by atoms with E-state index >= 15 is 0 Å². The van der Waals surface area contributed by atoms with E-state index in [4.69, 9.17) is 9.47 Å². The van der Waals surface area contributed by atoms with Crippen LogP contribution >= 0.6 is 23.3 Å². The van der Waals surface area contributed by atoms with Gasteiger partial charge in [-0.05, 0) is 36.7 Å². The summed E-state index contributed by atoms with van der Waals surface area (Å²) in [6.07, 6.45) is 0.923. The van der Waals surface area contributed by atoms with Crippen LogP contribution in [0.15, 0.2) is 27.4 Å². The maximum Gasteiger partial charge on any atom is 0.174 e. The highest BCUT2D eigenvalue weighted by atomic mass is 32.2. The van der Waals surface area contributed by atoms with Crippen LogP contribution in [0.2, 0.25) is 0 Å². The lowest BCUT2D eigenvalue weighted by Gasteiger charge is -2.07. The predicted octanol–water partition coefficient (Wildman–Crippen LogP) is 3.16. The molecule has 1 aromatic heterocycles. The molecular formula is C12H12N2O2S2. The molecule has 0 saturated carbocycles. The molecule has 2 aromatic rings. The highest BCUT2D eigenvalue weighted by molar-refractivity contribution is 8.01. The summed E-state index contributed by atoms with van der Waals surface area (Å²) in [5.41, 5.74) is 0. The Morgan fingerprint density at radius 2 is 2.06 bits per heavy atom. The fourth-order valence-corrected chi connectivity index (χ4v) is 3.28. The van der Waals surface area contributed by atoms with E-state index in [1.54, 1.807) is 11.8 Å². The van der Waals surface area contributed by atoms with Crippen molar-refractivity contribution >= 4 is 23.3 Å². The minimum Gasteiger partial charge on any atom is -0.490 e. The zero-order chi connectivity index (χ0) is 12.4. The summed E-state index contributed by atoms with van der Waals surface area (Å²) in [4.78, 5) is 5.43. The molecule has 0 atom stereocenters. The Balaban J connectivity index is 1.83. The van der Waals surface area contributed by atoms with Crippen LogP contribution in [0.25, 0.3) is 0 Å². The Labute approximate surface area is 114 Å². The summed E-state index contributed by atoms with van der Waals surface area (Å²) in [5, 5.41) is 0. The molecule has 0 bridgehead atoms. The van der Waals surface area contributed by atoms with Gasteiger partial charge in [-0.3, -0.25) is 0 Å². The molecule has 1 aliphatic heterocycles. The van der Waals surface area contributed by atoms with Crippen molar-refractivity contribution in [2.24, 2.45) is 0 Å². The van der Waals surface area contributed by atoms with Crippen LogP contribution in [0.5, 0.6) is 11.5 Å². The zero-order valence-corrected chi connectivity index (χ0v) is 11.5. The quantitative estimate of drug-likeness (QED) is 0.845. The Morgan fingerprint density at radius 3 is 2.83 bits per heavy atom. The lowest BCUT2D eigenvalue weighted by Crippen LogP contribution is -1.97. The average Bonchev–Trinajstić information content (AvgIpc) is 2.64. The first kappa shape index (κ1) is 11.8. The Bertz CT molecular complexity index is 557. The first-order chi connectivity index (χ1) is 8.81. The van der Waals surface area contributed by atoms with Crippen LogP contribution < -0.4 is 9.47 Å². The molecule has 0 aliphatic carbocycles. The molecule has 0 spiro atoms. The average molecular weight is 280 g/mol. The van der Waals surface area contributed by atoms with Gasteiger partial charge in [0.25, 0.3) is 0 Å². The molecule has 0 saturated heterocycles. The standard InChI is InChI=1S/C12H12N2O2S2/c1-8-13-12(18-14-8)17-9-3-4-10-11(7-9)16-6-2-5-15-10/h3-4,7H,2,5-6H2,1H3. The molecule has 0 amide bonds. The Hall–Kier alpha value is -1.27. The van der Waals surface area contributed by atoms with E-state index in [0.717, 1.165) is 39.6 Å². The predicted molar refractivity (Wildman–Crippen MR) is 70.8 cm³/mol. The Kier molecular flexibility index (Phi) is 3.38. The third kappa shape index (κ3) is 2.59. The Morgan fingerprint density at radius 1 is 1.22 bits per heavy atom. The topological polar surface area (TPSA) is 44.2 Å². The minimum atomic E-state index is 0.707. The number of fused-ring (bicyclic) bond motifs is 1. The van der Waals surface area contributed by atoms with Crippen molar-refractivity contribution in [2.75, 3.05) is 13.2 Å². The number of nitrogens with zero attached hydrogens (tertiary/aromatic N) is 2. The summed E-state index contributed by atoms with van der Waals surface area (Å²) in [7, 11) is 0. The van der Waals surface area contributed by atoms with Crippen molar-refractivity contribution in [1.29, 1.82) is 0 Å². The molecule has 1 aliphatic rings. The number of ether oxygens (including phenoxy) is 2. The number of aryl methyl sites for hydroxylation is 1. The van der Waals surface area contributed by atoms with E-state index in [9.17, 15) is 0 Å². The van der Waals surface area contributed by atoms with Crippen LogP contribution in [0.3, 0.4) is 0 Å². The third-order valence-corrected chi connectivity index (χ3v) is 4.27. The second-order valence-electron chi connectivity index (χ2n) is 3.87. The molecule has 0 radical (unpaired) electrons. The van der Waals surface area contributed by atoms with E-state index in [1.807, 2.05) is 25.1 Å². The second kappa shape index (κ2) is 5.16. The summed E-state index contributed by atoms with van der Waals surface area (Å²) in [6.45, 7) is 3.32. The molecule has 94 valence electrons. The largest absolute Gasteiger partial charge is 0.490 e. The highest BCUT2D eigenvalue weighted by Gasteiger charge is 2.12. The molecule has 1 aromatic carbocycles. The van der Waals surface area contributed by atoms with Crippen LogP contribution in [-0.4, -0.2) is 22.6 Å². The lowest BCUT2D eigenvalue weighted by atomic mass is 10.3. The monoisotopic (exact) mass is 280 g/mol. The van der Waals surface area contributed by atoms with E-state index in [0.29, 0.717) is 6.61 Å². The molecule has 0 fully saturated rings. The van der Waals surface area contributed by atoms with Gasteiger partial charge in [-0.2, -0.15) is 4.37 Å². The molecule has 3 rings (SSSR count). The van der Waals surface area contributed by atoms with Crippen molar-refractivity contribution in [1.82, 2.24) is 9.36 Å². The molecule has 0 N–H and O–H groups in total. The van der Waals surface area contributed by atoms with Gasteiger partial charge < -0.3 is 9.47 Å². The number of benzene rings is 1. The summed E-state index contributed by atoms with van der Waals surface area (Å²) < 4.78 is 16.4. The van der Waals surface area contributed by atoms with E-state index < -0.39 is 0 Å². The van der Waals surface area contributed by atoms with Crippen molar-refractivity contribution in [2.45, 2.75) is 22.6 Å². The first-order valence-electron chi connectivity index (χ1n) is 5.69. The molecular weight excluding hydrogens is 268 g/mol. The van der Waals surface area contributed by atoms with Gasteiger partial charge in [-0.1, -0.05) is 11.8 Å². The summed E-state index contributed by atoms with van der Waals surface area (Å²) >= 11 is 3.01. The third-order valence-electron chi connectivity index (χ3n) is 2.43. The number of aromatic nitrogens is 2. The van der Waals surface area contributed by atoms with Crippen LogP contribution in [0, 0.1) is 6.92 Å². The van der Waals surface area contributed by atoms with Crippen molar-refractivity contribution in [3.8, 4) is 11.5 Å². The fourth-order valence-electron chi connectivity index (χ4n) is 1.63. The molecule has 6 heteroatoms. The number of hydrogen-bond acceptors (Lipinski definition) is 6. The number of rotatable bonds is 2. The normalized spacial score (nSPS) is 14.3. The van der Waals surface area contributed by atoms with Crippen molar-refractivity contribution in [3.63, 3.8) is 0 Å². The van der Waals surface area contributed by atoms with E-state index in [2.05, 4.69) is 9.36 Å². The van der Waals surface area contributed by atoms with Crippen LogP contribution in [0.4, 0.5) is 0 Å². The van der Waals surface area contributed by atoms with Gasteiger partial charge in [0, 0.05) is 11.3 Å². The van der Waals surface area contributed by atoms with E-state index in [1.165, 1.54) is 11.5 Å². The van der Waals surface area contributed by atoms with Crippen LogP contribution in [0.1, 0.15) is 12.2 Å². The molecule has 18 heavy (non-hydrogen) atoms. The van der Waals surface area contributed by atoms with Gasteiger partial charge in [0.05, 0.1) is 13.2 Å². The van der Waals surface area contributed by atoms with Gasteiger partial charge in [0.2, 0.25) is 0 Å². The van der Waals surface area contributed by atoms with E-state index in [-0.39, 0.29) is 0 Å². The van der Waals surface area contributed by atoms with Crippen molar-refractivity contribution in [3.05, 3.63) is 24.0 Å². The fraction of sp³-hybridized carbons (Fsp3) is 0.333. The van der Waals surface area contributed by atoms with Gasteiger partial charge in [0.15, 0.2) is 15.8 Å². The zero-order valence-electron chi connectivity index (χ0n) is 9.88. The first-order valence-corrected chi connectivity index (χ1v) is 7.28. The van der Waals surface area contributed by atoms with Gasteiger partial charge >= 0.3 is 0 Å². The highest BCUT2D eigenvalue weighted by Crippen LogP contribution is 2.36. The number of hydrogen-bond donors (Lipinski definition) is 0. The molecule has 0 unspecified atom stereocenters. The maximum absolute atomic E-state index is 5.66. The van der Waals surface area contributed by atoms with Crippen LogP contribution in [-0.2, 0) is 0 Å². The van der Waals surface area contributed by atoms with Gasteiger partial charge in [-0.25, -0.2) is 4.98 Å². The summed E-state index contributed by atoms with van der Waals surface area (Å²) in [6, 6.07) is 5.98. The minimum absolute atomic E-state index is 0.707. The SMILES string of the molecule is Cc1nsc(Sc2ccc3c(c2)OCCCO3)n1. The lowest BCUT2D eigenvalue weighted by molar-refractivity contribution is 0.297. The maximum atomic E-state index is 5.66. The molecule has 4 nitrogen and oxygen atoms in total. The summed E-state index contributed by atoms with van der Waals surface area (Å²) in [5.74, 6) is 2.46. The molecule has 2 heterocycles. The van der Waals surface area contributed by atoms with Crippen molar-refractivity contribution < 1.29 is 9.47 Å². The van der Waals surface area contributed by atoms with Gasteiger partial charge in [0.1, 0.15) is 5.82 Å². The van der Waals surface area contributed by atoms with Gasteiger partial charge in [-0.15, -0.1) is 0 Å². The smallest absolute Gasteiger partial charge is 0.174 e. The second-order valence-corrected chi connectivity index (χ2v) is 5.94.